The molecular weight excluding hydrogens is 330 g/mol. The third kappa shape index (κ3) is 2.85. The molecule has 0 aliphatic carbocycles. The van der Waals surface area contributed by atoms with Gasteiger partial charge in [0.1, 0.15) is 6.61 Å². The second-order valence-corrected chi connectivity index (χ2v) is 5.01. The fraction of sp³-hybridized carbons (Fsp3) is 0.357. The molecule has 20 heavy (non-hydrogen) atoms. The third-order valence-corrected chi connectivity index (χ3v) is 3.89. The molecule has 0 bridgehead atoms. The highest BCUT2D eigenvalue weighted by Crippen LogP contribution is 2.25. The zero-order chi connectivity index (χ0) is 14.7. The summed E-state index contributed by atoms with van der Waals surface area (Å²) in [4.78, 5) is 0. The van der Waals surface area contributed by atoms with Gasteiger partial charge in [0.05, 0.1) is 15.9 Å². The Hall–Kier alpha value is -1.43. The van der Waals surface area contributed by atoms with E-state index in [1.54, 1.807) is 4.68 Å². The summed E-state index contributed by atoms with van der Waals surface area (Å²) >= 11 is 3.48. The number of hydrogen-bond acceptors (Lipinski definition) is 2. The Labute approximate surface area is 124 Å². The quantitative estimate of drug-likeness (QED) is 0.816. The Morgan fingerprint density at radius 1 is 1.30 bits per heavy atom. The molecule has 1 aromatic heterocycles. The van der Waals surface area contributed by atoms with Crippen molar-refractivity contribution in [2.24, 2.45) is 0 Å². The number of nitrogens with zero attached hydrogens (tertiary/aromatic N) is 2. The Morgan fingerprint density at radius 3 is 2.70 bits per heavy atom. The number of aromatic nitrogens is 2. The summed E-state index contributed by atoms with van der Waals surface area (Å²) in [5, 5.41) is 4.42. The molecule has 0 radical (unpaired) electrons. The number of aryl methyl sites for hydroxylation is 2. The summed E-state index contributed by atoms with van der Waals surface area (Å²) in [5.41, 5.74) is 1.73. The van der Waals surface area contributed by atoms with Crippen molar-refractivity contribution < 1.29 is 13.5 Å². The van der Waals surface area contributed by atoms with Crippen LogP contribution in [0.1, 0.15) is 25.2 Å². The first-order valence-electron chi connectivity index (χ1n) is 6.39. The first kappa shape index (κ1) is 15.0. The van der Waals surface area contributed by atoms with E-state index in [0.29, 0.717) is 6.54 Å². The summed E-state index contributed by atoms with van der Waals surface area (Å²) in [6.45, 7) is 4.78. The second kappa shape index (κ2) is 6.35. The molecule has 0 N–H and O–H groups in total. The van der Waals surface area contributed by atoms with Gasteiger partial charge < -0.3 is 4.74 Å². The van der Waals surface area contributed by atoms with E-state index in [2.05, 4.69) is 21.0 Å². The molecule has 6 heteroatoms. The van der Waals surface area contributed by atoms with Crippen LogP contribution in [0.3, 0.4) is 0 Å². The van der Waals surface area contributed by atoms with E-state index in [1.807, 2.05) is 13.8 Å². The predicted octanol–water partition coefficient (Wildman–Crippen LogP) is 4.09. The van der Waals surface area contributed by atoms with E-state index in [-0.39, 0.29) is 12.4 Å². The van der Waals surface area contributed by atoms with E-state index in [0.717, 1.165) is 28.3 Å². The molecule has 108 valence electrons. The summed E-state index contributed by atoms with van der Waals surface area (Å²) < 4.78 is 34.7. The maximum atomic E-state index is 13.5. The maximum Gasteiger partial charge on any atom is 0.200 e. The number of rotatable bonds is 5. The van der Waals surface area contributed by atoms with Crippen molar-refractivity contribution >= 4 is 15.9 Å². The smallest absolute Gasteiger partial charge is 0.200 e. The van der Waals surface area contributed by atoms with Crippen LogP contribution in [-0.4, -0.2) is 9.78 Å². The van der Waals surface area contributed by atoms with Crippen molar-refractivity contribution in [3.63, 3.8) is 0 Å². The average molecular weight is 345 g/mol. The molecule has 0 spiro atoms. The Morgan fingerprint density at radius 2 is 2.05 bits per heavy atom. The molecule has 0 saturated carbocycles. The molecule has 1 heterocycles. The van der Waals surface area contributed by atoms with E-state index in [9.17, 15) is 8.78 Å². The molecule has 0 fully saturated rings. The van der Waals surface area contributed by atoms with Crippen molar-refractivity contribution in [1.82, 2.24) is 9.78 Å². The molecule has 0 atom stereocenters. The zero-order valence-electron chi connectivity index (χ0n) is 11.3. The fourth-order valence-electron chi connectivity index (χ4n) is 1.90. The number of halogens is 3. The van der Waals surface area contributed by atoms with Crippen LogP contribution in [-0.2, 0) is 19.6 Å². The van der Waals surface area contributed by atoms with Crippen molar-refractivity contribution in [1.29, 1.82) is 0 Å². The monoisotopic (exact) mass is 344 g/mol. The highest BCUT2D eigenvalue weighted by molar-refractivity contribution is 9.10. The van der Waals surface area contributed by atoms with Crippen LogP contribution in [0.2, 0.25) is 0 Å². The Kier molecular flexibility index (Phi) is 4.75. The van der Waals surface area contributed by atoms with Crippen molar-refractivity contribution in [3.8, 4) is 5.75 Å². The minimum atomic E-state index is -0.970. The lowest BCUT2D eigenvalue weighted by atomic mass is 10.3. The largest absolute Gasteiger partial charge is 0.484 e. The second-order valence-electron chi connectivity index (χ2n) is 4.22. The lowest BCUT2D eigenvalue weighted by Crippen LogP contribution is -2.07. The minimum Gasteiger partial charge on any atom is -0.484 e. The number of ether oxygens (including phenoxy) is 1. The molecule has 0 aliphatic heterocycles. The molecule has 3 nitrogen and oxygen atoms in total. The van der Waals surface area contributed by atoms with Crippen molar-refractivity contribution in [3.05, 3.63) is 45.7 Å². The molecule has 2 aromatic rings. The summed E-state index contributed by atoms with van der Waals surface area (Å²) in [7, 11) is 0. The van der Waals surface area contributed by atoms with E-state index >= 15 is 0 Å². The van der Waals surface area contributed by atoms with Crippen molar-refractivity contribution in [2.75, 3.05) is 0 Å². The molecule has 2 rings (SSSR count). The highest BCUT2D eigenvalue weighted by Gasteiger charge is 2.16. The summed E-state index contributed by atoms with van der Waals surface area (Å²) in [5.74, 6) is -1.99. The van der Waals surface area contributed by atoms with Gasteiger partial charge >= 0.3 is 0 Å². The van der Waals surface area contributed by atoms with Crippen LogP contribution >= 0.6 is 15.9 Å². The van der Waals surface area contributed by atoms with Gasteiger partial charge in [-0.25, -0.2) is 4.39 Å². The first-order valence-corrected chi connectivity index (χ1v) is 7.18. The van der Waals surface area contributed by atoms with Gasteiger partial charge in [0.25, 0.3) is 0 Å². The lowest BCUT2D eigenvalue weighted by molar-refractivity contribution is 0.272. The third-order valence-electron chi connectivity index (χ3n) is 2.97. The van der Waals surface area contributed by atoms with Gasteiger partial charge in [0.2, 0.25) is 5.82 Å². The highest BCUT2D eigenvalue weighted by atomic mass is 79.9. The first-order chi connectivity index (χ1) is 9.58. The standard InChI is InChI=1S/C14H15BrF2N2O/c1-3-10-13(15)11(19(4-2)18-10)8-20-12-7-5-6-9(16)14(12)17/h5-7H,3-4,8H2,1-2H3. The van der Waals surface area contributed by atoms with Gasteiger partial charge in [-0.2, -0.15) is 9.49 Å². The van der Waals surface area contributed by atoms with E-state index < -0.39 is 11.6 Å². The van der Waals surface area contributed by atoms with Crippen LogP contribution in [0.4, 0.5) is 8.78 Å². The van der Waals surface area contributed by atoms with Crippen LogP contribution < -0.4 is 4.74 Å². The summed E-state index contributed by atoms with van der Waals surface area (Å²) in [6.07, 6.45) is 0.787. The molecule has 0 amide bonds. The maximum absolute atomic E-state index is 13.5. The lowest BCUT2D eigenvalue weighted by Gasteiger charge is -2.09. The molecule has 0 aliphatic rings. The van der Waals surface area contributed by atoms with Gasteiger partial charge in [0, 0.05) is 6.54 Å². The Bertz CT molecular complexity index is 613. The minimum absolute atomic E-state index is 0.0983. The van der Waals surface area contributed by atoms with Gasteiger partial charge in [-0.1, -0.05) is 13.0 Å². The molecule has 1 aromatic carbocycles. The molecule has 0 saturated heterocycles. The number of benzene rings is 1. The average Bonchev–Trinajstić information content (AvgIpc) is 2.76. The number of hydrogen-bond donors (Lipinski definition) is 0. The molecule has 0 unspecified atom stereocenters. The SMILES string of the molecule is CCc1nn(CC)c(COc2cccc(F)c2F)c1Br. The van der Waals surface area contributed by atoms with Crippen LogP contribution in [0.25, 0.3) is 0 Å². The zero-order valence-corrected chi connectivity index (χ0v) is 12.9. The van der Waals surface area contributed by atoms with E-state index in [1.165, 1.54) is 12.1 Å². The fourth-order valence-corrected chi connectivity index (χ4v) is 2.58. The molecular formula is C14H15BrF2N2O. The van der Waals surface area contributed by atoms with Gasteiger partial charge in [0.15, 0.2) is 11.6 Å². The normalized spacial score (nSPS) is 10.8. The predicted molar refractivity (Wildman–Crippen MR) is 75.7 cm³/mol. The Balaban J connectivity index is 2.22. The van der Waals surface area contributed by atoms with Crippen LogP contribution in [0.5, 0.6) is 5.75 Å². The van der Waals surface area contributed by atoms with Gasteiger partial charge in [-0.15, -0.1) is 0 Å². The van der Waals surface area contributed by atoms with Gasteiger partial charge in [-0.3, -0.25) is 4.68 Å². The van der Waals surface area contributed by atoms with Crippen LogP contribution in [0, 0.1) is 11.6 Å². The van der Waals surface area contributed by atoms with Crippen molar-refractivity contribution in [2.45, 2.75) is 33.4 Å². The topological polar surface area (TPSA) is 27.1 Å². The van der Waals surface area contributed by atoms with Crippen LogP contribution in [0.15, 0.2) is 22.7 Å². The summed E-state index contributed by atoms with van der Waals surface area (Å²) in [6, 6.07) is 3.88. The van der Waals surface area contributed by atoms with Gasteiger partial charge in [-0.05, 0) is 41.4 Å². The van der Waals surface area contributed by atoms with E-state index in [4.69, 9.17) is 4.74 Å².